The van der Waals surface area contributed by atoms with Crippen molar-refractivity contribution in [3.05, 3.63) is 89.7 Å². The summed E-state index contributed by atoms with van der Waals surface area (Å²) in [5.41, 5.74) is 3.07. The highest BCUT2D eigenvalue weighted by atomic mass is 35.5. The number of benzene rings is 3. The molecule has 0 fully saturated rings. The largest absolute Gasteiger partial charge is 0.507 e. The number of aromatic amines is 1. The van der Waals surface area contributed by atoms with Crippen molar-refractivity contribution >= 4 is 56.6 Å². The number of carbonyl (C=O) groups excluding carboxylic acids is 2. The van der Waals surface area contributed by atoms with Gasteiger partial charge in [-0.15, -0.1) is 11.6 Å². The third kappa shape index (κ3) is 5.05. The van der Waals surface area contributed by atoms with Crippen molar-refractivity contribution in [1.82, 2.24) is 9.97 Å². The summed E-state index contributed by atoms with van der Waals surface area (Å²) in [6.45, 7) is 1.29. The highest BCUT2D eigenvalue weighted by Crippen LogP contribution is 2.45. The van der Waals surface area contributed by atoms with Crippen molar-refractivity contribution in [1.29, 1.82) is 0 Å². The van der Waals surface area contributed by atoms with Gasteiger partial charge in [-0.2, -0.15) is 0 Å². The summed E-state index contributed by atoms with van der Waals surface area (Å²) in [7, 11) is 1.60. The molecule has 9 nitrogen and oxygen atoms in total. The first-order valence-corrected chi connectivity index (χ1v) is 13.6. The Kier molecular flexibility index (Phi) is 7.21. The first-order valence-electron chi connectivity index (χ1n) is 13.1. The van der Waals surface area contributed by atoms with E-state index in [0.717, 1.165) is 21.7 Å². The Hall–Kier alpha value is -4.60. The minimum atomic E-state index is -0.319. The quantitative estimate of drug-likeness (QED) is 0.163. The molecule has 0 unspecified atom stereocenters. The van der Waals surface area contributed by atoms with Gasteiger partial charge in [-0.3, -0.25) is 9.59 Å². The summed E-state index contributed by atoms with van der Waals surface area (Å²) in [6, 6.07) is 19.4. The highest BCUT2D eigenvalue weighted by molar-refractivity contribution is 6.19. The van der Waals surface area contributed by atoms with Crippen LogP contribution >= 0.6 is 11.6 Å². The van der Waals surface area contributed by atoms with Crippen molar-refractivity contribution in [3.63, 3.8) is 0 Å². The van der Waals surface area contributed by atoms with E-state index in [0.29, 0.717) is 59.7 Å². The normalized spacial score (nSPS) is 14.4. The fourth-order valence-corrected chi connectivity index (χ4v) is 5.49. The molecule has 2 aromatic heterocycles. The molecule has 0 spiro atoms. The van der Waals surface area contributed by atoms with Gasteiger partial charge in [0.05, 0.1) is 24.0 Å². The van der Waals surface area contributed by atoms with Crippen molar-refractivity contribution in [3.8, 4) is 11.5 Å². The van der Waals surface area contributed by atoms with E-state index in [2.05, 4.69) is 15.3 Å². The molecule has 208 valence electrons. The lowest BCUT2D eigenvalue weighted by Gasteiger charge is -2.17. The summed E-state index contributed by atoms with van der Waals surface area (Å²) >= 11 is 6.33. The van der Waals surface area contributed by atoms with Gasteiger partial charge >= 0.3 is 0 Å². The second kappa shape index (κ2) is 11.1. The smallest absolute Gasteiger partial charge is 0.274 e. The summed E-state index contributed by atoms with van der Waals surface area (Å²) in [5, 5.41) is 15.8. The van der Waals surface area contributed by atoms with Crippen LogP contribution in [0.3, 0.4) is 0 Å². The van der Waals surface area contributed by atoms with Crippen molar-refractivity contribution in [2.45, 2.75) is 5.92 Å². The van der Waals surface area contributed by atoms with E-state index < -0.39 is 0 Å². The topological polar surface area (TPSA) is 117 Å². The second-order valence-corrected chi connectivity index (χ2v) is 10.1. The molecule has 10 heteroatoms. The van der Waals surface area contributed by atoms with Gasteiger partial charge in [-0.1, -0.05) is 24.3 Å². The maximum atomic E-state index is 13.7. The number of amides is 2. The Morgan fingerprint density at radius 2 is 1.88 bits per heavy atom. The number of aromatic hydroxyl groups is 1. The van der Waals surface area contributed by atoms with Crippen LogP contribution in [-0.2, 0) is 4.74 Å². The summed E-state index contributed by atoms with van der Waals surface area (Å²) in [5.74, 6) is 0.814. The van der Waals surface area contributed by atoms with Crippen molar-refractivity contribution < 1.29 is 24.2 Å². The average Bonchev–Trinajstić information content (AvgIpc) is 3.59. The monoisotopic (exact) mass is 570 g/mol. The molecule has 0 radical (unpaired) electrons. The Morgan fingerprint density at radius 3 is 2.63 bits per heavy atom. The number of pyridine rings is 1. The van der Waals surface area contributed by atoms with Crippen LogP contribution in [0.5, 0.6) is 11.5 Å². The van der Waals surface area contributed by atoms with E-state index >= 15 is 0 Å². The number of ether oxygens (including phenoxy) is 2. The molecule has 3 heterocycles. The number of hydrogen-bond donors (Lipinski definition) is 3. The molecule has 1 aliphatic heterocycles. The maximum absolute atomic E-state index is 13.7. The first-order chi connectivity index (χ1) is 20.0. The summed E-state index contributed by atoms with van der Waals surface area (Å²) < 4.78 is 10.5. The first kappa shape index (κ1) is 26.6. The number of H-pyrrole nitrogens is 1. The SMILES string of the molecule is COCCOc1ccc(C(=O)Nc2cc3cc(C(=O)N4C[C@@H](CCl)c5c4cc(O)c4ccccc54)[nH]c3cn2)cc1. The molecule has 6 rings (SSSR count). The summed E-state index contributed by atoms with van der Waals surface area (Å²) in [4.78, 5) is 35.6. The third-order valence-electron chi connectivity index (χ3n) is 7.23. The Labute approximate surface area is 240 Å². The van der Waals surface area contributed by atoms with E-state index in [1.54, 1.807) is 60.7 Å². The number of carbonyl (C=O) groups is 2. The molecule has 41 heavy (non-hydrogen) atoms. The number of anilines is 2. The van der Waals surface area contributed by atoms with Crippen LogP contribution in [-0.4, -0.2) is 59.6 Å². The number of halogens is 1. The van der Waals surface area contributed by atoms with Gasteiger partial charge in [-0.25, -0.2) is 4.98 Å². The zero-order valence-corrected chi connectivity index (χ0v) is 22.9. The van der Waals surface area contributed by atoms with Crippen LogP contribution < -0.4 is 15.0 Å². The zero-order chi connectivity index (χ0) is 28.5. The highest BCUT2D eigenvalue weighted by Gasteiger charge is 2.35. The molecule has 1 aliphatic rings. The van der Waals surface area contributed by atoms with E-state index in [4.69, 9.17) is 21.1 Å². The number of methoxy groups -OCH3 is 1. The molecule has 3 N–H and O–H groups in total. The minimum Gasteiger partial charge on any atom is -0.507 e. The standard InChI is InChI=1S/C31H27ClN4O5/c1-40-10-11-41-21-8-6-18(7-9-21)30(38)35-28-13-19-12-24(34-25(19)16-33-28)31(39)36-17-20(15-32)29-23-5-3-2-4-22(23)27(37)14-26(29)36/h2-9,12-14,16,20,34,37H,10-11,15,17H2,1H3,(H,33,35,38)/t20-/m1/s1. The lowest BCUT2D eigenvalue weighted by molar-refractivity contribution is 0.0983. The molecule has 0 bridgehead atoms. The van der Waals surface area contributed by atoms with Crippen LogP contribution in [0, 0.1) is 0 Å². The number of alkyl halides is 1. The summed E-state index contributed by atoms with van der Waals surface area (Å²) in [6.07, 6.45) is 1.58. The Morgan fingerprint density at radius 1 is 1.10 bits per heavy atom. The molecule has 3 aromatic carbocycles. The number of fused-ring (bicyclic) bond motifs is 4. The number of hydrogen-bond acceptors (Lipinski definition) is 6. The minimum absolute atomic E-state index is 0.0695. The van der Waals surface area contributed by atoms with Crippen molar-refractivity contribution in [2.24, 2.45) is 0 Å². The van der Waals surface area contributed by atoms with Crippen LogP contribution in [0.4, 0.5) is 11.5 Å². The molecule has 1 atom stereocenters. The van der Waals surface area contributed by atoms with Crippen molar-refractivity contribution in [2.75, 3.05) is 43.0 Å². The fraction of sp³-hybridized carbons (Fsp3) is 0.194. The van der Waals surface area contributed by atoms with E-state index in [1.807, 2.05) is 24.3 Å². The van der Waals surface area contributed by atoms with Gasteiger partial charge in [0.2, 0.25) is 0 Å². The molecule has 5 aromatic rings. The number of aromatic nitrogens is 2. The van der Waals surface area contributed by atoms with E-state index in [1.165, 1.54) is 0 Å². The van der Waals surface area contributed by atoms with E-state index in [-0.39, 0.29) is 23.5 Å². The molecule has 0 aliphatic carbocycles. The molecule has 2 amide bonds. The number of phenols is 1. The third-order valence-corrected chi connectivity index (χ3v) is 7.60. The van der Waals surface area contributed by atoms with Crippen LogP contribution in [0.25, 0.3) is 21.7 Å². The molecule has 0 saturated heterocycles. The van der Waals surface area contributed by atoms with Gasteiger partial charge < -0.3 is 29.8 Å². The Bertz CT molecular complexity index is 1770. The number of rotatable bonds is 8. The average molecular weight is 571 g/mol. The fourth-order valence-electron chi connectivity index (χ4n) is 5.24. The van der Waals surface area contributed by atoms with Crippen LogP contribution in [0.15, 0.2) is 72.9 Å². The second-order valence-electron chi connectivity index (χ2n) is 9.80. The van der Waals surface area contributed by atoms with Gasteiger partial charge in [0.15, 0.2) is 0 Å². The maximum Gasteiger partial charge on any atom is 0.274 e. The number of phenolic OH excluding ortho intramolecular Hbond substituents is 1. The van der Waals surface area contributed by atoms with Crippen LogP contribution in [0.1, 0.15) is 32.3 Å². The number of nitrogens with zero attached hydrogens (tertiary/aromatic N) is 2. The zero-order valence-electron chi connectivity index (χ0n) is 22.2. The van der Waals surface area contributed by atoms with Gasteiger partial charge in [-0.05, 0) is 47.3 Å². The molecular formula is C31H27ClN4O5. The van der Waals surface area contributed by atoms with Crippen LogP contribution in [0.2, 0.25) is 0 Å². The lowest BCUT2D eigenvalue weighted by Crippen LogP contribution is -2.30. The lowest BCUT2D eigenvalue weighted by atomic mass is 9.95. The number of nitrogens with one attached hydrogen (secondary N) is 2. The molecule has 0 saturated carbocycles. The van der Waals surface area contributed by atoms with Gasteiger partial charge in [0, 0.05) is 47.9 Å². The van der Waals surface area contributed by atoms with Gasteiger partial charge in [0.1, 0.15) is 29.6 Å². The van der Waals surface area contributed by atoms with Gasteiger partial charge in [0.25, 0.3) is 11.8 Å². The predicted molar refractivity (Wildman–Crippen MR) is 159 cm³/mol. The molecular weight excluding hydrogens is 544 g/mol. The predicted octanol–water partition coefficient (Wildman–Crippen LogP) is 5.68. The Balaban J connectivity index is 1.22. The van der Waals surface area contributed by atoms with E-state index in [9.17, 15) is 14.7 Å².